The van der Waals surface area contributed by atoms with Gasteiger partial charge in [0.1, 0.15) is 0 Å². The van der Waals surface area contributed by atoms with Crippen LogP contribution in [0, 0.1) is 0 Å². The Morgan fingerprint density at radius 1 is 0.242 bits per heavy atom. The van der Waals surface area contributed by atoms with Crippen molar-refractivity contribution in [3.8, 4) is 89.9 Å². The molecule has 0 radical (unpaired) electrons. The fourth-order valence-corrected chi connectivity index (χ4v) is 8.37. The molecule has 4 heteroatoms. The second kappa shape index (κ2) is 16.0. The fourth-order valence-electron chi connectivity index (χ4n) is 8.37. The molecule has 0 amide bonds. The Hall–Kier alpha value is -8.34. The first-order valence-corrected chi connectivity index (χ1v) is 20.9. The Kier molecular flexibility index (Phi) is 9.49. The number of fused-ring (bicyclic) bond motifs is 3. The molecule has 2 aromatic heterocycles. The van der Waals surface area contributed by atoms with Crippen LogP contribution in [0.1, 0.15) is 0 Å². The van der Waals surface area contributed by atoms with Gasteiger partial charge in [0.2, 0.25) is 0 Å². The van der Waals surface area contributed by atoms with E-state index in [4.69, 9.17) is 19.9 Å². The van der Waals surface area contributed by atoms with E-state index in [0.717, 1.165) is 66.8 Å². The van der Waals surface area contributed by atoms with Crippen molar-refractivity contribution in [2.45, 2.75) is 0 Å². The highest BCUT2D eigenvalue weighted by Gasteiger charge is 2.16. The Balaban J connectivity index is 0.978. The van der Waals surface area contributed by atoms with Crippen molar-refractivity contribution in [3.05, 3.63) is 231 Å². The van der Waals surface area contributed by atoms with Crippen LogP contribution in [0.15, 0.2) is 231 Å². The lowest BCUT2D eigenvalue weighted by atomic mass is 9.94. The lowest BCUT2D eigenvalue weighted by molar-refractivity contribution is 1.07. The van der Waals surface area contributed by atoms with Crippen molar-refractivity contribution in [1.82, 2.24) is 19.9 Å². The van der Waals surface area contributed by atoms with E-state index in [0.29, 0.717) is 17.5 Å². The summed E-state index contributed by atoms with van der Waals surface area (Å²) in [4.78, 5) is 20.6. The molecule has 4 nitrogen and oxygen atoms in total. The molecule has 0 aliphatic carbocycles. The van der Waals surface area contributed by atoms with Gasteiger partial charge in [0, 0.05) is 27.6 Å². The molecule has 2 heterocycles. The van der Waals surface area contributed by atoms with Gasteiger partial charge in [-0.15, -0.1) is 0 Å². The zero-order chi connectivity index (χ0) is 41.2. The monoisotopic (exact) mass is 790 g/mol. The van der Waals surface area contributed by atoms with Gasteiger partial charge in [-0.2, -0.15) is 0 Å². The standard InChI is InChI=1S/C58H38N4/c1-4-15-39(16-5-1)46-23-13-26-49(36-46)57-60-56(61-58(62-57)50-27-14-24-47(37-50)40-17-6-2-7-18-40)44-31-29-41(30-32-44)45-22-12-25-48(35-45)54-38-52(42-19-8-3-9-20-42)55-51-28-11-10-21-43(51)33-34-53(55)59-54/h1-38H. The van der Waals surface area contributed by atoms with Crippen molar-refractivity contribution in [2.75, 3.05) is 0 Å². The van der Waals surface area contributed by atoms with Gasteiger partial charge in [-0.25, -0.2) is 19.9 Å². The summed E-state index contributed by atoms with van der Waals surface area (Å²) in [6.45, 7) is 0. The van der Waals surface area contributed by atoms with Crippen molar-refractivity contribution in [1.29, 1.82) is 0 Å². The molecule has 9 aromatic carbocycles. The van der Waals surface area contributed by atoms with Crippen LogP contribution in [0.25, 0.3) is 112 Å². The van der Waals surface area contributed by atoms with E-state index in [2.05, 4.69) is 218 Å². The van der Waals surface area contributed by atoms with Crippen LogP contribution < -0.4 is 0 Å². The third kappa shape index (κ3) is 7.20. The second-order valence-electron chi connectivity index (χ2n) is 15.5. The molecule has 0 atom stereocenters. The van der Waals surface area contributed by atoms with E-state index in [9.17, 15) is 0 Å². The largest absolute Gasteiger partial charge is 0.248 e. The summed E-state index contributed by atoms with van der Waals surface area (Å²) in [6.07, 6.45) is 0. The highest BCUT2D eigenvalue weighted by atomic mass is 15.0. The average Bonchev–Trinajstić information content (AvgIpc) is 3.37. The maximum Gasteiger partial charge on any atom is 0.164 e. The molecule has 0 spiro atoms. The minimum atomic E-state index is 0.613. The minimum Gasteiger partial charge on any atom is -0.248 e. The van der Waals surface area contributed by atoms with Gasteiger partial charge < -0.3 is 0 Å². The van der Waals surface area contributed by atoms with Gasteiger partial charge in [0.05, 0.1) is 11.2 Å². The second-order valence-corrected chi connectivity index (χ2v) is 15.5. The molecule has 0 N–H and O–H groups in total. The molecule has 0 saturated carbocycles. The average molecular weight is 791 g/mol. The van der Waals surface area contributed by atoms with Crippen LogP contribution in [-0.2, 0) is 0 Å². The zero-order valence-corrected chi connectivity index (χ0v) is 33.7. The highest BCUT2D eigenvalue weighted by molar-refractivity contribution is 6.13. The van der Waals surface area contributed by atoms with E-state index in [1.54, 1.807) is 0 Å². The van der Waals surface area contributed by atoms with Crippen LogP contribution >= 0.6 is 0 Å². The van der Waals surface area contributed by atoms with E-state index in [1.807, 2.05) is 12.1 Å². The number of hydrogen-bond acceptors (Lipinski definition) is 4. The fraction of sp³-hybridized carbons (Fsp3) is 0. The first kappa shape index (κ1) is 36.7. The van der Waals surface area contributed by atoms with Crippen LogP contribution in [0.2, 0.25) is 0 Å². The van der Waals surface area contributed by atoms with E-state index >= 15 is 0 Å². The van der Waals surface area contributed by atoms with E-state index in [1.165, 1.54) is 27.3 Å². The third-order valence-corrected chi connectivity index (χ3v) is 11.5. The van der Waals surface area contributed by atoms with Crippen LogP contribution in [0.5, 0.6) is 0 Å². The molecular formula is C58H38N4. The van der Waals surface area contributed by atoms with Crippen molar-refractivity contribution in [2.24, 2.45) is 0 Å². The topological polar surface area (TPSA) is 51.6 Å². The predicted octanol–water partition coefficient (Wildman–Crippen LogP) is 14.9. The quantitative estimate of drug-likeness (QED) is 0.144. The summed E-state index contributed by atoms with van der Waals surface area (Å²) in [5.41, 5.74) is 14.7. The zero-order valence-electron chi connectivity index (χ0n) is 33.7. The number of pyridine rings is 1. The first-order valence-electron chi connectivity index (χ1n) is 20.9. The van der Waals surface area contributed by atoms with Crippen molar-refractivity contribution < 1.29 is 0 Å². The normalized spacial score (nSPS) is 11.2. The number of benzene rings is 9. The Morgan fingerprint density at radius 3 is 1.24 bits per heavy atom. The van der Waals surface area contributed by atoms with Crippen LogP contribution in [-0.4, -0.2) is 19.9 Å². The molecule has 0 unspecified atom stereocenters. The smallest absolute Gasteiger partial charge is 0.164 e. The maximum absolute atomic E-state index is 5.26. The Bertz CT molecular complexity index is 3280. The summed E-state index contributed by atoms with van der Waals surface area (Å²) >= 11 is 0. The van der Waals surface area contributed by atoms with Crippen molar-refractivity contribution in [3.63, 3.8) is 0 Å². The summed E-state index contributed by atoms with van der Waals surface area (Å²) in [6, 6.07) is 80.6. The molecular weight excluding hydrogens is 753 g/mol. The van der Waals surface area contributed by atoms with Gasteiger partial charge in [-0.1, -0.05) is 200 Å². The number of hydrogen-bond donors (Lipinski definition) is 0. The predicted molar refractivity (Wildman–Crippen MR) is 256 cm³/mol. The third-order valence-electron chi connectivity index (χ3n) is 11.5. The number of aromatic nitrogens is 4. The Morgan fingerprint density at radius 2 is 0.661 bits per heavy atom. The van der Waals surface area contributed by atoms with Gasteiger partial charge in [0.15, 0.2) is 17.5 Å². The maximum atomic E-state index is 5.26. The van der Waals surface area contributed by atoms with E-state index < -0.39 is 0 Å². The number of rotatable bonds is 8. The van der Waals surface area contributed by atoms with Gasteiger partial charge in [-0.3, -0.25) is 0 Å². The van der Waals surface area contributed by atoms with Crippen LogP contribution in [0.3, 0.4) is 0 Å². The Labute approximate surface area is 360 Å². The first-order chi connectivity index (χ1) is 30.7. The van der Waals surface area contributed by atoms with Crippen LogP contribution in [0.4, 0.5) is 0 Å². The highest BCUT2D eigenvalue weighted by Crippen LogP contribution is 2.38. The van der Waals surface area contributed by atoms with Gasteiger partial charge in [0.25, 0.3) is 0 Å². The molecule has 11 rings (SSSR count). The molecule has 0 bridgehead atoms. The molecule has 62 heavy (non-hydrogen) atoms. The molecule has 0 saturated heterocycles. The summed E-state index contributed by atoms with van der Waals surface area (Å²) in [5.74, 6) is 1.85. The van der Waals surface area contributed by atoms with Crippen molar-refractivity contribution >= 4 is 21.7 Å². The minimum absolute atomic E-state index is 0.613. The van der Waals surface area contributed by atoms with Gasteiger partial charge >= 0.3 is 0 Å². The summed E-state index contributed by atoms with van der Waals surface area (Å²) in [7, 11) is 0. The van der Waals surface area contributed by atoms with E-state index in [-0.39, 0.29) is 0 Å². The molecule has 11 aromatic rings. The lowest BCUT2D eigenvalue weighted by Crippen LogP contribution is -2.00. The number of nitrogens with zero attached hydrogens (tertiary/aromatic N) is 4. The summed E-state index contributed by atoms with van der Waals surface area (Å²) in [5, 5.41) is 3.58. The van der Waals surface area contributed by atoms with Gasteiger partial charge in [-0.05, 0) is 85.6 Å². The molecule has 0 fully saturated rings. The molecule has 290 valence electrons. The SMILES string of the molecule is c1ccc(-c2cccc(-c3nc(-c4ccc(-c5cccc(-c6cc(-c7ccccc7)c7c(ccc8ccccc87)n6)c5)cc4)nc(-c4cccc(-c5ccccc5)c4)n3)c2)cc1. The molecule has 0 aliphatic rings. The summed E-state index contributed by atoms with van der Waals surface area (Å²) < 4.78 is 0. The molecule has 0 aliphatic heterocycles. The lowest BCUT2D eigenvalue weighted by Gasteiger charge is -2.14.